The smallest absolute Gasteiger partial charge is 0.106 e. The van der Waals surface area contributed by atoms with E-state index in [1.807, 2.05) is 12.1 Å². The lowest BCUT2D eigenvalue weighted by Gasteiger charge is -2.40. The van der Waals surface area contributed by atoms with Gasteiger partial charge in [-0.05, 0) is 42.4 Å². The number of thiocarbonyl (C=S) groups is 1. The molecule has 110 valence electrons. The fraction of sp³-hybridized carbons (Fsp3) is 0.562. The molecule has 0 radical (unpaired) electrons. The van der Waals surface area contributed by atoms with Crippen LogP contribution in [0, 0.1) is 11.3 Å². The van der Waals surface area contributed by atoms with Gasteiger partial charge in [0.15, 0.2) is 0 Å². The van der Waals surface area contributed by atoms with Crippen LogP contribution in [0.5, 0.6) is 0 Å². The number of nitrogens with two attached hydrogens (primary N) is 1. The van der Waals surface area contributed by atoms with Crippen molar-refractivity contribution in [1.29, 1.82) is 0 Å². The molecule has 0 amide bonds. The summed E-state index contributed by atoms with van der Waals surface area (Å²) < 4.78 is 1.07. The Kier molecular flexibility index (Phi) is 4.75. The van der Waals surface area contributed by atoms with Crippen LogP contribution in [0.1, 0.15) is 39.2 Å². The van der Waals surface area contributed by atoms with Crippen molar-refractivity contribution in [3.8, 4) is 0 Å². The lowest BCUT2D eigenvalue weighted by atomic mass is 9.75. The van der Waals surface area contributed by atoms with Gasteiger partial charge in [-0.1, -0.05) is 48.9 Å². The van der Waals surface area contributed by atoms with Gasteiger partial charge in [0, 0.05) is 28.8 Å². The van der Waals surface area contributed by atoms with Crippen molar-refractivity contribution in [2.45, 2.75) is 33.6 Å². The van der Waals surface area contributed by atoms with Crippen LogP contribution in [0.25, 0.3) is 0 Å². The van der Waals surface area contributed by atoms with Crippen LogP contribution in [-0.2, 0) is 0 Å². The van der Waals surface area contributed by atoms with Crippen LogP contribution < -0.4 is 10.6 Å². The first-order valence-corrected chi connectivity index (χ1v) is 8.33. The maximum absolute atomic E-state index is 5.86. The summed E-state index contributed by atoms with van der Waals surface area (Å²) in [6, 6.07) is 6.14. The van der Waals surface area contributed by atoms with Gasteiger partial charge in [0.05, 0.1) is 0 Å². The first kappa shape index (κ1) is 15.8. The van der Waals surface area contributed by atoms with Crippen molar-refractivity contribution in [3.05, 3.63) is 28.2 Å². The highest BCUT2D eigenvalue weighted by atomic mass is 79.9. The van der Waals surface area contributed by atoms with Gasteiger partial charge in [-0.3, -0.25) is 0 Å². The third-order valence-electron chi connectivity index (χ3n) is 4.29. The minimum Gasteiger partial charge on any atom is -0.389 e. The minimum atomic E-state index is 0.398. The normalized spacial score (nSPS) is 17.3. The molecule has 0 aromatic heterocycles. The summed E-state index contributed by atoms with van der Waals surface area (Å²) in [5.74, 6) is 0.791. The third kappa shape index (κ3) is 3.53. The molecule has 0 saturated carbocycles. The highest BCUT2D eigenvalue weighted by molar-refractivity contribution is 9.10. The molecule has 0 bridgehead atoms. The number of hydrogen-bond donors (Lipinski definition) is 1. The molecule has 4 heteroatoms. The summed E-state index contributed by atoms with van der Waals surface area (Å²) in [6.07, 6.45) is 2.46. The number of hydrogen-bond acceptors (Lipinski definition) is 2. The summed E-state index contributed by atoms with van der Waals surface area (Å²) in [7, 11) is 0. The number of anilines is 1. The van der Waals surface area contributed by atoms with E-state index in [-0.39, 0.29) is 0 Å². The zero-order chi connectivity index (χ0) is 14.9. The zero-order valence-electron chi connectivity index (χ0n) is 12.4. The first-order chi connectivity index (χ1) is 9.29. The van der Waals surface area contributed by atoms with E-state index in [9.17, 15) is 0 Å². The Morgan fingerprint density at radius 2 is 1.90 bits per heavy atom. The van der Waals surface area contributed by atoms with Crippen LogP contribution >= 0.6 is 28.1 Å². The van der Waals surface area contributed by atoms with E-state index in [1.165, 1.54) is 18.5 Å². The van der Waals surface area contributed by atoms with Crippen molar-refractivity contribution in [1.82, 2.24) is 0 Å². The summed E-state index contributed by atoms with van der Waals surface area (Å²) in [5, 5.41) is 0. The van der Waals surface area contributed by atoms with E-state index in [0.29, 0.717) is 10.4 Å². The fourth-order valence-electron chi connectivity index (χ4n) is 2.96. The molecule has 1 aromatic carbocycles. The predicted octanol–water partition coefficient (Wildman–Crippen LogP) is 4.35. The van der Waals surface area contributed by atoms with Crippen LogP contribution in [0.4, 0.5) is 5.69 Å². The topological polar surface area (TPSA) is 29.3 Å². The highest BCUT2D eigenvalue weighted by Crippen LogP contribution is 2.36. The van der Waals surface area contributed by atoms with Gasteiger partial charge in [0.2, 0.25) is 0 Å². The second kappa shape index (κ2) is 6.02. The van der Waals surface area contributed by atoms with E-state index < -0.39 is 0 Å². The maximum Gasteiger partial charge on any atom is 0.106 e. The largest absolute Gasteiger partial charge is 0.389 e. The van der Waals surface area contributed by atoms with Crippen molar-refractivity contribution in [2.24, 2.45) is 17.1 Å². The molecule has 2 nitrogen and oxygen atoms in total. The lowest BCUT2D eigenvalue weighted by molar-refractivity contribution is 0.199. The second-order valence-electron chi connectivity index (χ2n) is 6.65. The van der Waals surface area contributed by atoms with Gasteiger partial charge in [-0.15, -0.1) is 0 Å². The standard InChI is InChI=1S/C16H23BrN2S/c1-16(2,3)11-6-8-19(9-7-11)14-10-12(17)4-5-13(14)15(18)20/h4-5,10-11H,6-9H2,1-3H3,(H2,18,20). The van der Waals surface area contributed by atoms with Gasteiger partial charge in [0.1, 0.15) is 4.99 Å². The lowest BCUT2D eigenvalue weighted by Crippen LogP contribution is -2.38. The highest BCUT2D eigenvalue weighted by Gasteiger charge is 2.29. The molecule has 1 fully saturated rings. The summed E-state index contributed by atoms with van der Waals surface area (Å²) in [5.41, 5.74) is 8.41. The molecule has 1 heterocycles. The molecule has 20 heavy (non-hydrogen) atoms. The Balaban J connectivity index is 2.18. The van der Waals surface area contributed by atoms with Gasteiger partial charge < -0.3 is 10.6 Å². The summed E-state index contributed by atoms with van der Waals surface area (Å²) in [6.45, 7) is 9.18. The zero-order valence-corrected chi connectivity index (χ0v) is 14.9. The third-order valence-corrected chi connectivity index (χ3v) is 5.00. The molecule has 0 aliphatic carbocycles. The van der Waals surface area contributed by atoms with Crippen LogP contribution in [0.15, 0.2) is 22.7 Å². The molecule has 0 atom stereocenters. The molecule has 2 rings (SSSR count). The Bertz CT molecular complexity index is 500. The Morgan fingerprint density at radius 3 is 2.40 bits per heavy atom. The van der Waals surface area contributed by atoms with Gasteiger partial charge in [0.25, 0.3) is 0 Å². The van der Waals surface area contributed by atoms with Crippen molar-refractivity contribution in [2.75, 3.05) is 18.0 Å². The fourth-order valence-corrected chi connectivity index (χ4v) is 3.48. The first-order valence-electron chi connectivity index (χ1n) is 7.13. The number of rotatable bonds is 2. The summed E-state index contributed by atoms with van der Waals surface area (Å²) >= 11 is 8.73. The van der Waals surface area contributed by atoms with E-state index in [0.717, 1.165) is 29.0 Å². The van der Waals surface area contributed by atoms with Gasteiger partial charge >= 0.3 is 0 Å². The quantitative estimate of drug-likeness (QED) is 0.800. The number of halogens is 1. The van der Waals surface area contributed by atoms with Crippen molar-refractivity contribution < 1.29 is 0 Å². The molecule has 2 N–H and O–H groups in total. The van der Waals surface area contributed by atoms with Crippen molar-refractivity contribution in [3.63, 3.8) is 0 Å². The minimum absolute atomic E-state index is 0.398. The number of piperidine rings is 1. The van der Waals surface area contributed by atoms with Crippen LogP contribution in [-0.4, -0.2) is 18.1 Å². The second-order valence-corrected chi connectivity index (χ2v) is 8.01. The molecule has 1 aliphatic rings. The van der Waals surface area contributed by atoms with Gasteiger partial charge in [-0.2, -0.15) is 0 Å². The summed E-state index contributed by atoms with van der Waals surface area (Å²) in [4.78, 5) is 2.90. The number of benzene rings is 1. The average Bonchev–Trinajstić information content (AvgIpc) is 2.37. The maximum atomic E-state index is 5.86. The number of nitrogens with zero attached hydrogens (tertiary/aromatic N) is 1. The molecule has 1 aliphatic heterocycles. The van der Waals surface area contributed by atoms with Crippen LogP contribution in [0.3, 0.4) is 0 Å². The van der Waals surface area contributed by atoms with E-state index >= 15 is 0 Å². The van der Waals surface area contributed by atoms with Crippen LogP contribution in [0.2, 0.25) is 0 Å². The predicted molar refractivity (Wildman–Crippen MR) is 94.4 cm³/mol. The molecular formula is C16H23BrN2S. The molecular weight excluding hydrogens is 332 g/mol. The molecule has 0 spiro atoms. The Hall–Kier alpha value is -0.610. The molecule has 1 saturated heterocycles. The Labute approximate surface area is 135 Å². The monoisotopic (exact) mass is 354 g/mol. The molecule has 0 unspecified atom stereocenters. The van der Waals surface area contributed by atoms with E-state index in [1.54, 1.807) is 0 Å². The van der Waals surface area contributed by atoms with Gasteiger partial charge in [-0.25, -0.2) is 0 Å². The molecule has 1 aromatic rings. The Morgan fingerprint density at radius 1 is 1.30 bits per heavy atom. The average molecular weight is 355 g/mol. The van der Waals surface area contributed by atoms with E-state index in [4.69, 9.17) is 18.0 Å². The SMILES string of the molecule is CC(C)(C)C1CCN(c2cc(Br)ccc2C(N)=S)CC1. The van der Waals surface area contributed by atoms with E-state index in [2.05, 4.69) is 47.7 Å². The van der Waals surface area contributed by atoms with Crippen molar-refractivity contribution >= 4 is 38.8 Å².